The molecule has 6 rings (SSSR count). The fourth-order valence-electron chi connectivity index (χ4n) is 9.93. The molecule has 480 valence electrons. The molecule has 0 saturated carbocycles. The van der Waals surface area contributed by atoms with E-state index in [1.807, 2.05) is 0 Å². The van der Waals surface area contributed by atoms with Gasteiger partial charge < -0.3 is 64.5 Å². The number of hydrogen-bond acceptors (Lipinski definition) is 21. The lowest BCUT2D eigenvalue weighted by atomic mass is 10.1. The number of nitrogens with one attached hydrogen (secondary N) is 5. The van der Waals surface area contributed by atoms with Crippen molar-refractivity contribution in [2.45, 2.75) is 100 Å². The average molecular weight is 1300 g/mol. The number of rotatable bonds is 35. The second kappa shape index (κ2) is 34.3. The van der Waals surface area contributed by atoms with Crippen LogP contribution in [0.3, 0.4) is 0 Å². The summed E-state index contributed by atoms with van der Waals surface area (Å²) in [6.45, 7) is 8.86. The van der Waals surface area contributed by atoms with E-state index in [1.54, 1.807) is 56.8 Å². The molecule has 2 fully saturated rings. The summed E-state index contributed by atoms with van der Waals surface area (Å²) < 4.78 is 25.6. The fourth-order valence-corrected chi connectivity index (χ4v) is 15.7. The van der Waals surface area contributed by atoms with Crippen molar-refractivity contribution in [2.75, 3.05) is 93.8 Å². The molecule has 7 amide bonds. The fraction of sp³-hybridized carbons (Fsp3) is 0.554. The normalized spacial score (nSPS) is 14.6. The van der Waals surface area contributed by atoms with E-state index in [4.69, 9.17) is 18.9 Å². The number of imidazole rings is 2. The molecule has 4 aromatic rings. The average Bonchev–Trinajstić information content (AvgIpc) is 1.85. The van der Waals surface area contributed by atoms with Crippen LogP contribution in [0.15, 0.2) is 36.7 Å². The van der Waals surface area contributed by atoms with Crippen LogP contribution in [0.5, 0.6) is 23.0 Å². The molecule has 32 heteroatoms. The maximum atomic E-state index is 13.9. The van der Waals surface area contributed by atoms with Crippen molar-refractivity contribution < 1.29 is 62.4 Å². The van der Waals surface area contributed by atoms with Gasteiger partial charge in [0.25, 0.3) is 35.0 Å². The topological polar surface area (TPSA) is 345 Å². The molecule has 2 saturated heterocycles. The molecule has 4 heterocycles. The zero-order chi connectivity index (χ0) is 64.0. The van der Waals surface area contributed by atoms with Gasteiger partial charge in [-0.1, -0.05) is 27.7 Å². The molecule has 0 unspecified atom stereocenters. The third-order valence-electron chi connectivity index (χ3n) is 13.9. The van der Waals surface area contributed by atoms with Gasteiger partial charge in [-0.25, -0.2) is 9.97 Å². The molecular formula is C56H77N13O15S4. The van der Waals surface area contributed by atoms with Crippen molar-refractivity contribution >= 4 is 111 Å². The number of aryl methyl sites for hydroxylation is 2. The maximum Gasteiger partial charge on any atom is 0.292 e. The smallest absolute Gasteiger partial charge is 0.292 e. The number of benzene rings is 2. The monoisotopic (exact) mass is 1300 g/mol. The van der Waals surface area contributed by atoms with E-state index in [0.717, 1.165) is 48.7 Å². The number of nitrogens with zero attached hydrogens (tertiary/aromatic N) is 8. The zero-order valence-electron chi connectivity index (χ0n) is 50.5. The Morgan fingerprint density at radius 2 is 1.01 bits per heavy atom. The number of ether oxygens (including phenoxy) is 4. The van der Waals surface area contributed by atoms with E-state index in [-0.39, 0.29) is 137 Å². The van der Waals surface area contributed by atoms with Gasteiger partial charge in [0.15, 0.2) is 34.6 Å². The Morgan fingerprint density at radius 1 is 0.591 bits per heavy atom. The van der Waals surface area contributed by atoms with Crippen LogP contribution in [0.1, 0.15) is 121 Å². The van der Waals surface area contributed by atoms with Crippen LogP contribution in [-0.4, -0.2) is 185 Å². The number of anilines is 2. The molecule has 5 N–H and O–H groups in total. The van der Waals surface area contributed by atoms with E-state index in [2.05, 4.69) is 64.2 Å². The summed E-state index contributed by atoms with van der Waals surface area (Å²) >= 11 is 7.05. The minimum Gasteiger partial charge on any atom is -0.493 e. The first kappa shape index (κ1) is 69.6. The molecule has 28 nitrogen and oxygen atoms in total. The Kier molecular flexibility index (Phi) is 27.2. The Labute approximate surface area is 526 Å². The SMILES string of the molecule is CCSC(SCC)[C@@H]1CCCN1C(=O)c1cc(OC)c(OCCCC(=O)NCCNC(=O)CNC(=O)c2nc(NC(=O)c3nc(NC(=O)CCCOc4cc([N+](=O)[O-])c(C(=O)N5CCC[C@H]5C(SCC)SCC)cc4OC)cn3C)cn2C)cc1[N+](=O)[O-]. The summed E-state index contributed by atoms with van der Waals surface area (Å²) in [6, 6.07) is 4.88. The molecule has 0 spiro atoms. The first-order valence-corrected chi connectivity index (χ1v) is 33.0. The van der Waals surface area contributed by atoms with Crippen LogP contribution in [-0.2, 0) is 28.5 Å². The summed E-state index contributed by atoms with van der Waals surface area (Å²) in [6.07, 6.45) is 6.37. The largest absolute Gasteiger partial charge is 0.493 e. The summed E-state index contributed by atoms with van der Waals surface area (Å²) in [5.41, 5.74) is -1.01. The van der Waals surface area contributed by atoms with Crippen LogP contribution in [0.2, 0.25) is 0 Å². The second-order valence-electron chi connectivity index (χ2n) is 19.9. The Morgan fingerprint density at radius 3 is 1.44 bits per heavy atom. The van der Waals surface area contributed by atoms with Crippen LogP contribution in [0, 0.1) is 20.2 Å². The first-order valence-electron chi connectivity index (χ1n) is 28.8. The molecule has 2 aliphatic heterocycles. The van der Waals surface area contributed by atoms with Crippen molar-refractivity contribution in [3.8, 4) is 23.0 Å². The highest BCUT2D eigenvalue weighted by Crippen LogP contribution is 2.42. The molecular weight excluding hydrogens is 1220 g/mol. The Balaban J connectivity index is 0.890. The summed E-state index contributed by atoms with van der Waals surface area (Å²) in [7, 11) is 5.78. The quantitative estimate of drug-likeness (QED) is 0.0138. The highest BCUT2D eigenvalue weighted by atomic mass is 32.2. The van der Waals surface area contributed by atoms with Crippen molar-refractivity contribution in [2.24, 2.45) is 14.1 Å². The third-order valence-corrected chi connectivity index (χ3v) is 19.5. The van der Waals surface area contributed by atoms with Gasteiger partial charge in [0.2, 0.25) is 29.4 Å². The number of thioether (sulfide) groups is 4. The number of nitro groups is 2. The van der Waals surface area contributed by atoms with Gasteiger partial charge in [-0.2, -0.15) is 0 Å². The van der Waals surface area contributed by atoms with Crippen molar-refractivity contribution in [3.05, 3.63) is 79.7 Å². The lowest BCUT2D eigenvalue weighted by Gasteiger charge is -2.31. The van der Waals surface area contributed by atoms with E-state index in [9.17, 15) is 53.8 Å². The first-order chi connectivity index (χ1) is 42.3. The molecule has 0 aliphatic carbocycles. The van der Waals surface area contributed by atoms with Gasteiger partial charge in [0, 0.05) is 77.6 Å². The molecule has 2 aromatic heterocycles. The lowest BCUT2D eigenvalue weighted by Crippen LogP contribution is -2.41. The van der Waals surface area contributed by atoms with E-state index >= 15 is 0 Å². The van der Waals surface area contributed by atoms with Crippen LogP contribution < -0.4 is 45.5 Å². The number of likely N-dealkylation sites (tertiary alicyclic amines) is 2. The minimum absolute atomic E-state index is 0.000444. The highest BCUT2D eigenvalue weighted by molar-refractivity contribution is 8.17. The molecule has 2 aromatic carbocycles. The van der Waals surface area contributed by atoms with Gasteiger partial charge in [0.1, 0.15) is 11.1 Å². The predicted molar refractivity (Wildman–Crippen MR) is 338 cm³/mol. The third kappa shape index (κ3) is 18.8. The number of carbonyl (C=O) groups is 7. The number of methoxy groups -OCH3 is 2. The Hall–Kier alpha value is -7.45. The standard InChI is InChI=1S/C56H77N13O15S4/c1-9-85-55(86-10-2)36-17-13-23-66(36)53(75)34-27-40(81-7)42(29-38(34)68(77)78)83-25-15-19-46(70)57-21-22-58-48(72)31-59-51(73)49-62-45(33-64(49)5)63-52(74)50-61-44(32-65(50)6)60-47(71)20-16-26-84-43-30-39(69(79)80)35(28-41(43)82-8)54(76)67-24-14-18-37(67)56(87-11-3)88-12-4/h27-30,32-33,36-37,55-56H,9-26,31H2,1-8H3,(H,57,70)(H,58,72)(H,59,73)(H,60,71)(H,63,74)/t36-,37-/m0/s1. The maximum absolute atomic E-state index is 13.9. The van der Waals surface area contributed by atoms with Gasteiger partial charge >= 0.3 is 0 Å². The zero-order valence-corrected chi connectivity index (χ0v) is 53.8. The van der Waals surface area contributed by atoms with Gasteiger partial charge in [0.05, 0.1) is 77.2 Å². The molecule has 0 bridgehead atoms. The summed E-state index contributed by atoms with van der Waals surface area (Å²) in [5, 5.41) is 37.4. The number of nitro benzene ring substituents is 2. The number of hydrogen-bond donors (Lipinski definition) is 5. The second-order valence-corrected chi connectivity index (χ2v) is 26.2. The lowest BCUT2D eigenvalue weighted by molar-refractivity contribution is -0.385. The van der Waals surface area contributed by atoms with Crippen LogP contribution >= 0.6 is 47.0 Å². The van der Waals surface area contributed by atoms with E-state index in [0.29, 0.717) is 13.1 Å². The van der Waals surface area contributed by atoms with Crippen molar-refractivity contribution in [3.63, 3.8) is 0 Å². The molecule has 88 heavy (non-hydrogen) atoms. The summed E-state index contributed by atoms with van der Waals surface area (Å²) in [4.78, 5) is 127. The van der Waals surface area contributed by atoms with Gasteiger partial charge in [-0.15, -0.1) is 47.0 Å². The van der Waals surface area contributed by atoms with E-state index in [1.165, 1.54) is 74.1 Å². The van der Waals surface area contributed by atoms with Crippen molar-refractivity contribution in [1.29, 1.82) is 0 Å². The number of aromatic nitrogens is 4. The van der Waals surface area contributed by atoms with Crippen LogP contribution in [0.4, 0.5) is 23.0 Å². The number of amides is 7. The van der Waals surface area contributed by atoms with Crippen molar-refractivity contribution in [1.82, 2.24) is 44.9 Å². The highest BCUT2D eigenvalue weighted by Gasteiger charge is 2.40. The number of carbonyl (C=O) groups excluding carboxylic acids is 7. The molecule has 2 aliphatic rings. The predicted octanol–water partition coefficient (Wildman–Crippen LogP) is 6.73. The molecule has 0 radical (unpaired) electrons. The van der Waals surface area contributed by atoms with Crippen LogP contribution in [0.25, 0.3) is 0 Å². The Bertz CT molecular complexity index is 3140. The molecule has 2 atom stereocenters. The van der Waals surface area contributed by atoms with E-state index < -0.39 is 63.2 Å². The summed E-state index contributed by atoms with van der Waals surface area (Å²) in [5.74, 6) is -0.0305. The van der Waals surface area contributed by atoms with Gasteiger partial charge in [-0.05, 0) is 61.5 Å². The van der Waals surface area contributed by atoms with Gasteiger partial charge in [-0.3, -0.25) is 53.8 Å². The minimum atomic E-state index is -0.729.